The molecule has 0 saturated heterocycles. The minimum atomic E-state index is 0.240. The lowest BCUT2D eigenvalue weighted by atomic mass is 9.76. The van der Waals surface area contributed by atoms with Gasteiger partial charge in [-0.25, -0.2) is 0 Å². The van der Waals surface area contributed by atoms with Gasteiger partial charge in [0.2, 0.25) is 0 Å². The summed E-state index contributed by atoms with van der Waals surface area (Å²) in [6.45, 7) is 16.9. The fraction of sp³-hybridized carbons (Fsp3) is 0.647. The fourth-order valence-electron chi connectivity index (χ4n) is 3.05. The molecule has 0 saturated carbocycles. The normalized spacial score (nSPS) is 12.2. The van der Waals surface area contributed by atoms with Gasteiger partial charge in [-0.15, -0.1) is 0 Å². The van der Waals surface area contributed by atoms with Gasteiger partial charge in [0.15, 0.2) is 0 Å². The Morgan fingerprint density at radius 2 is 1.56 bits per heavy atom. The lowest BCUT2D eigenvalue weighted by Gasteiger charge is -2.30. The summed E-state index contributed by atoms with van der Waals surface area (Å²) in [5.41, 5.74) is 6.00. The van der Waals surface area contributed by atoms with Crippen molar-refractivity contribution in [3.05, 3.63) is 34.4 Å². The van der Waals surface area contributed by atoms with Crippen LogP contribution in [0.1, 0.15) is 56.4 Å². The van der Waals surface area contributed by atoms with Crippen molar-refractivity contribution in [2.45, 2.75) is 66.3 Å². The topological polar surface area (TPSA) is 12.0 Å². The molecule has 0 bridgehead atoms. The van der Waals surface area contributed by atoms with E-state index in [4.69, 9.17) is 0 Å². The molecule has 102 valence electrons. The van der Waals surface area contributed by atoms with Crippen LogP contribution in [-0.4, -0.2) is 12.6 Å². The van der Waals surface area contributed by atoms with E-state index in [1.165, 1.54) is 28.7 Å². The van der Waals surface area contributed by atoms with Crippen LogP contribution in [0.4, 0.5) is 0 Å². The lowest BCUT2D eigenvalue weighted by molar-refractivity contribution is 0.438. The van der Waals surface area contributed by atoms with E-state index in [-0.39, 0.29) is 5.41 Å². The third-order valence-corrected chi connectivity index (χ3v) is 3.66. The van der Waals surface area contributed by atoms with Crippen LogP contribution in [-0.2, 0) is 5.41 Å². The molecule has 0 heterocycles. The van der Waals surface area contributed by atoms with Crippen molar-refractivity contribution >= 4 is 0 Å². The Morgan fingerprint density at radius 3 is 2.00 bits per heavy atom. The van der Waals surface area contributed by atoms with E-state index in [1.54, 1.807) is 0 Å². The fourth-order valence-corrected chi connectivity index (χ4v) is 3.05. The molecule has 0 unspecified atom stereocenters. The zero-order valence-electron chi connectivity index (χ0n) is 13.1. The molecule has 0 aliphatic rings. The molecule has 1 heteroatoms. The quantitative estimate of drug-likeness (QED) is 0.819. The van der Waals surface area contributed by atoms with Gasteiger partial charge in [-0.1, -0.05) is 45.4 Å². The Bertz CT molecular complexity index is 379. The molecule has 0 aromatic heterocycles. The maximum Gasteiger partial charge on any atom is 0.00103 e. The van der Waals surface area contributed by atoms with Crippen LogP contribution in [0.3, 0.4) is 0 Å². The maximum absolute atomic E-state index is 3.52. The van der Waals surface area contributed by atoms with E-state index in [0.717, 1.165) is 6.54 Å². The summed E-state index contributed by atoms with van der Waals surface area (Å²) >= 11 is 0. The van der Waals surface area contributed by atoms with Crippen molar-refractivity contribution < 1.29 is 0 Å². The summed E-state index contributed by atoms with van der Waals surface area (Å²) in [5, 5.41) is 3.52. The van der Waals surface area contributed by atoms with Gasteiger partial charge >= 0.3 is 0 Å². The number of hydrogen-bond donors (Lipinski definition) is 1. The van der Waals surface area contributed by atoms with Crippen LogP contribution in [0.2, 0.25) is 0 Å². The minimum Gasteiger partial charge on any atom is -0.315 e. The van der Waals surface area contributed by atoms with Crippen molar-refractivity contribution in [3.63, 3.8) is 0 Å². The SMILES string of the molecule is Cc1cc(C)c(C(C)(C)CCNC(C)C)c(C)c1. The molecular formula is C17H29N. The monoisotopic (exact) mass is 247 g/mol. The summed E-state index contributed by atoms with van der Waals surface area (Å²) in [5.74, 6) is 0. The van der Waals surface area contributed by atoms with Gasteiger partial charge in [-0.05, 0) is 55.8 Å². The summed E-state index contributed by atoms with van der Waals surface area (Å²) in [7, 11) is 0. The number of hydrogen-bond acceptors (Lipinski definition) is 1. The van der Waals surface area contributed by atoms with Crippen LogP contribution < -0.4 is 5.32 Å². The highest BCUT2D eigenvalue weighted by Gasteiger charge is 2.24. The molecular weight excluding hydrogens is 218 g/mol. The zero-order chi connectivity index (χ0) is 13.9. The highest BCUT2D eigenvalue weighted by Crippen LogP contribution is 2.32. The van der Waals surface area contributed by atoms with Crippen molar-refractivity contribution in [2.24, 2.45) is 0 Å². The molecule has 0 amide bonds. The highest BCUT2D eigenvalue weighted by atomic mass is 14.9. The summed E-state index contributed by atoms with van der Waals surface area (Å²) in [6, 6.07) is 5.18. The smallest absolute Gasteiger partial charge is 0.00103 e. The first-order valence-electron chi connectivity index (χ1n) is 7.06. The van der Waals surface area contributed by atoms with Crippen LogP contribution in [0, 0.1) is 20.8 Å². The highest BCUT2D eigenvalue weighted by molar-refractivity contribution is 5.42. The molecule has 0 aliphatic carbocycles. The predicted molar refractivity (Wildman–Crippen MR) is 81.4 cm³/mol. The van der Waals surface area contributed by atoms with Crippen molar-refractivity contribution in [1.82, 2.24) is 5.32 Å². The number of rotatable bonds is 5. The standard InChI is InChI=1S/C17H29N/c1-12(2)18-9-8-17(6,7)16-14(4)10-13(3)11-15(16)5/h10-12,18H,8-9H2,1-7H3. The van der Waals surface area contributed by atoms with Crippen LogP contribution in [0.5, 0.6) is 0 Å². The predicted octanol–water partition coefficient (Wildman–Crippen LogP) is 4.28. The second-order valence-electron chi connectivity index (χ2n) is 6.52. The Balaban J connectivity index is 2.90. The molecule has 0 radical (unpaired) electrons. The third kappa shape index (κ3) is 3.84. The average molecular weight is 247 g/mol. The van der Waals surface area contributed by atoms with Gasteiger partial charge in [-0.3, -0.25) is 0 Å². The molecule has 1 aromatic carbocycles. The zero-order valence-corrected chi connectivity index (χ0v) is 13.1. The minimum absolute atomic E-state index is 0.240. The van der Waals surface area contributed by atoms with Crippen molar-refractivity contribution in [1.29, 1.82) is 0 Å². The van der Waals surface area contributed by atoms with Gasteiger partial charge < -0.3 is 5.32 Å². The Hall–Kier alpha value is -0.820. The van der Waals surface area contributed by atoms with Crippen LogP contribution >= 0.6 is 0 Å². The molecule has 0 aliphatic heterocycles. The van der Waals surface area contributed by atoms with Gasteiger partial charge in [0.25, 0.3) is 0 Å². The number of benzene rings is 1. The molecule has 1 aromatic rings. The summed E-state index contributed by atoms with van der Waals surface area (Å²) in [6.07, 6.45) is 1.18. The van der Waals surface area contributed by atoms with Gasteiger partial charge in [0, 0.05) is 6.04 Å². The molecule has 1 nitrogen and oxygen atoms in total. The summed E-state index contributed by atoms with van der Waals surface area (Å²) < 4.78 is 0. The molecule has 0 spiro atoms. The first kappa shape index (κ1) is 15.2. The van der Waals surface area contributed by atoms with Gasteiger partial charge in [-0.2, -0.15) is 0 Å². The first-order valence-corrected chi connectivity index (χ1v) is 7.06. The van der Waals surface area contributed by atoms with E-state index in [1.807, 2.05) is 0 Å². The van der Waals surface area contributed by atoms with Crippen LogP contribution in [0.25, 0.3) is 0 Å². The Labute approximate surface area is 113 Å². The van der Waals surface area contributed by atoms with E-state index in [2.05, 4.69) is 65.9 Å². The van der Waals surface area contributed by atoms with Crippen molar-refractivity contribution in [3.8, 4) is 0 Å². The largest absolute Gasteiger partial charge is 0.315 e. The van der Waals surface area contributed by atoms with Gasteiger partial charge in [0.1, 0.15) is 0 Å². The maximum atomic E-state index is 3.52. The second-order valence-corrected chi connectivity index (χ2v) is 6.52. The van der Waals surface area contributed by atoms with Crippen molar-refractivity contribution in [2.75, 3.05) is 6.54 Å². The number of nitrogens with one attached hydrogen (secondary N) is 1. The third-order valence-electron chi connectivity index (χ3n) is 3.66. The molecule has 1 N–H and O–H groups in total. The average Bonchev–Trinajstić information content (AvgIpc) is 2.13. The molecule has 18 heavy (non-hydrogen) atoms. The first-order chi connectivity index (χ1) is 8.24. The van der Waals surface area contributed by atoms with Crippen LogP contribution in [0.15, 0.2) is 12.1 Å². The second kappa shape index (κ2) is 5.88. The van der Waals surface area contributed by atoms with E-state index < -0.39 is 0 Å². The summed E-state index contributed by atoms with van der Waals surface area (Å²) in [4.78, 5) is 0. The molecule has 0 fully saturated rings. The van der Waals surface area contributed by atoms with Gasteiger partial charge in [0.05, 0.1) is 0 Å². The van der Waals surface area contributed by atoms with E-state index in [9.17, 15) is 0 Å². The van der Waals surface area contributed by atoms with E-state index in [0.29, 0.717) is 6.04 Å². The lowest BCUT2D eigenvalue weighted by Crippen LogP contribution is -2.30. The number of aryl methyl sites for hydroxylation is 3. The molecule has 1 rings (SSSR count). The Morgan fingerprint density at radius 1 is 1.06 bits per heavy atom. The Kier molecular flexibility index (Phi) is 4.98. The van der Waals surface area contributed by atoms with E-state index >= 15 is 0 Å². The molecule has 0 atom stereocenters.